The van der Waals surface area contributed by atoms with Gasteiger partial charge in [-0.05, 0) is 69.1 Å². The fourth-order valence-corrected chi connectivity index (χ4v) is 3.90. The maximum Gasteiger partial charge on any atom is 0.306 e. The number of anilines is 1. The molecule has 0 radical (unpaired) electrons. The Balaban J connectivity index is 1.33. The lowest BCUT2D eigenvalue weighted by molar-refractivity contribution is -0.142. The molecule has 1 aromatic carbocycles. The largest absolute Gasteiger partial charge is 0.481 e. The molecule has 1 atom stereocenters. The number of benzene rings is 1. The summed E-state index contributed by atoms with van der Waals surface area (Å²) in [5, 5.41) is 15.7. The lowest BCUT2D eigenvalue weighted by atomic mass is 9.95. The van der Waals surface area contributed by atoms with Crippen molar-refractivity contribution in [2.45, 2.75) is 58.3 Å². The highest BCUT2D eigenvalue weighted by molar-refractivity contribution is 5.76. The van der Waals surface area contributed by atoms with Gasteiger partial charge in [0.2, 0.25) is 5.91 Å². The Morgan fingerprint density at radius 1 is 1.16 bits per heavy atom. The summed E-state index contributed by atoms with van der Waals surface area (Å²) in [4.78, 5) is 28.4. The highest BCUT2D eigenvalue weighted by Gasteiger charge is 2.18. The number of carboxylic acids is 1. The van der Waals surface area contributed by atoms with Gasteiger partial charge < -0.3 is 15.7 Å². The number of nitrogens with one attached hydrogen (secondary N) is 2. The van der Waals surface area contributed by atoms with Crippen LogP contribution in [0.1, 0.15) is 54.5 Å². The number of unbranched alkanes of at least 4 members (excludes halogenated alkanes) is 1. The molecule has 0 aliphatic carbocycles. The van der Waals surface area contributed by atoms with Crippen molar-refractivity contribution in [2.24, 2.45) is 5.92 Å². The predicted octanol–water partition coefficient (Wildman–Crippen LogP) is 3.91. The standard InChI is InChI=1S/C25H33N3O3/c1-18-8-10-19(11-9-18)17-21(25(30)31)14-16-26-23(29)7-3-2-6-22-13-12-20-5-4-15-27-24(20)28-22/h8-13,21H,2-7,14-17H2,1H3,(H,26,29)(H,27,28)(H,30,31). The van der Waals surface area contributed by atoms with Gasteiger partial charge in [-0.15, -0.1) is 0 Å². The number of hydrogen-bond donors (Lipinski definition) is 3. The van der Waals surface area contributed by atoms with Crippen molar-refractivity contribution in [1.82, 2.24) is 10.3 Å². The molecule has 2 heterocycles. The van der Waals surface area contributed by atoms with Crippen molar-refractivity contribution >= 4 is 17.7 Å². The molecule has 0 fully saturated rings. The Morgan fingerprint density at radius 3 is 2.74 bits per heavy atom. The Bertz CT molecular complexity index is 880. The molecule has 6 nitrogen and oxygen atoms in total. The SMILES string of the molecule is Cc1ccc(CC(CCNC(=O)CCCCc2ccc3c(n2)NCCC3)C(=O)O)cc1. The predicted molar refractivity (Wildman–Crippen MR) is 122 cm³/mol. The van der Waals surface area contributed by atoms with Crippen LogP contribution < -0.4 is 10.6 Å². The summed E-state index contributed by atoms with van der Waals surface area (Å²) in [6.07, 6.45) is 6.17. The fourth-order valence-electron chi connectivity index (χ4n) is 3.90. The van der Waals surface area contributed by atoms with Crippen molar-refractivity contribution in [3.63, 3.8) is 0 Å². The third-order valence-electron chi connectivity index (χ3n) is 5.81. The third-order valence-corrected chi connectivity index (χ3v) is 5.81. The maximum absolute atomic E-state index is 12.1. The summed E-state index contributed by atoms with van der Waals surface area (Å²) >= 11 is 0. The van der Waals surface area contributed by atoms with Gasteiger partial charge >= 0.3 is 5.97 Å². The van der Waals surface area contributed by atoms with Crippen LogP contribution in [0.4, 0.5) is 5.82 Å². The minimum absolute atomic E-state index is 0.0143. The third kappa shape index (κ3) is 7.39. The fraction of sp³-hybridized carbons (Fsp3) is 0.480. The number of fused-ring (bicyclic) bond motifs is 1. The van der Waals surface area contributed by atoms with Crippen molar-refractivity contribution in [2.75, 3.05) is 18.4 Å². The van der Waals surface area contributed by atoms with Crippen molar-refractivity contribution in [3.8, 4) is 0 Å². The molecule has 1 aromatic heterocycles. The quantitative estimate of drug-likeness (QED) is 0.477. The summed E-state index contributed by atoms with van der Waals surface area (Å²) in [6.45, 7) is 3.38. The van der Waals surface area contributed by atoms with E-state index in [2.05, 4.69) is 27.8 Å². The van der Waals surface area contributed by atoms with E-state index in [1.807, 2.05) is 31.2 Å². The number of carbonyl (C=O) groups excluding carboxylic acids is 1. The van der Waals surface area contributed by atoms with E-state index < -0.39 is 11.9 Å². The van der Waals surface area contributed by atoms with Crippen LogP contribution in [0.3, 0.4) is 0 Å². The van der Waals surface area contributed by atoms with Crippen LogP contribution in [0.25, 0.3) is 0 Å². The van der Waals surface area contributed by atoms with Gasteiger partial charge in [0.05, 0.1) is 5.92 Å². The van der Waals surface area contributed by atoms with E-state index in [1.165, 1.54) is 5.56 Å². The van der Waals surface area contributed by atoms with Crippen LogP contribution in [-0.2, 0) is 28.9 Å². The first-order chi connectivity index (χ1) is 15.0. The van der Waals surface area contributed by atoms with E-state index in [0.717, 1.165) is 61.3 Å². The number of amides is 1. The summed E-state index contributed by atoms with van der Waals surface area (Å²) < 4.78 is 0. The van der Waals surface area contributed by atoms with Gasteiger partial charge in [0.25, 0.3) is 0 Å². The molecule has 0 bridgehead atoms. The topological polar surface area (TPSA) is 91.3 Å². The molecule has 166 valence electrons. The molecule has 1 aliphatic heterocycles. The Morgan fingerprint density at radius 2 is 1.97 bits per heavy atom. The number of carbonyl (C=O) groups is 2. The summed E-state index contributed by atoms with van der Waals surface area (Å²) in [5.74, 6) is -0.312. The van der Waals surface area contributed by atoms with Gasteiger partial charge in [0, 0.05) is 25.2 Å². The molecule has 1 aliphatic rings. The number of pyridine rings is 1. The smallest absolute Gasteiger partial charge is 0.306 e. The van der Waals surface area contributed by atoms with Crippen LogP contribution in [-0.4, -0.2) is 35.1 Å². The van der Waals surface area contributed by atoms with Gasteiger partial charge in [-0.25, -0.2) is 4.98 Å². The molecule has 1 amide bonds. The van der Waals surface area contributed by atoms with E-state index in [0.29, 0.717) is 25.8 Å². The molecule has 0 spiro atoms. The van der Waals surface area contributed by atoms with Gasteiger partial charge in [-0.3, -0.25) is 9.59 Å². The first kappa shape index (κ1) is 22.8. The van der Waals surface area contributed by atoms with Crippen LogP contribution in [0.2, 0.25) is 0 Å². The van der Waals surface area contributed by atoms with Crippen LogP contribution in [0.5, 0.6) is 0 Å². The normalized spacial score (nSPS) is 13.7. The highest BCUT2D eigenvalue weighted by Crippen LogP contribution is 2.20. The van der Waals surface area contributed by atoms with Gasteiger partial charge in [0.15, 0.2) is 0 Å². The molecule has 2 aromatic rings. The number of carboxylic acid groups (broad SMARTS) is 1. The number of hydrogen-bond acceptors (Lipinski definition) is 4. The molecule has 31 heavy (non-hydrogen) atoms. The second kappa shape index (κ2) is 11.5. The van der Waals surface area contributed by atoms with Crippen molar-refractivity contribution < 1.29 is 14.7 Å². The number of nitrogens with zero attached hydrogens (tertiary/aromatic N) is 1. The second-order valence-corrected chi connectivity index (χ2v) is 8.41. The molecule has 1 unspecified atom stereocenters. The molecular formula is C25H33N3O3. The lowest BCUT2D eigenvalue weighted by Gasteiger charge is -2.17. The average molecular weight is 424 g/mol. The summed E-state index contributed by atoms with van der Waals surface area (Å²) in [7, 11) is 0. The summed E-state index contributed by atoms with van der Waals surface area (Å²) in [6, 6.07) is 12.2. The first-order valence-electron chi connectivity index (χ1n) is 11.3. The zero-order valence-electron chi connectivity index (χ0n) is 18.3. The zero-order valence-corrected chi connectivity index (χ0v) is 18.3. The van der Waals surface area contributed by atoms with Gasteiger partial charge in [-0.2, -0.15) is 0 Å². The highest BCUT2D eigenvalue weighted by atomic mass is 16.4. The number of rotatable bonds is 11. The maximum atomic E-state index is 12.1. The Labute approximate surface area is 184 Å². The van der Waals surface area contributed by atoms with E-state index in [-0.39, 0.29) is 5.91 Å². The Kier molecular flexibility index (Phi) is 8.44. The van der Waals surface area contributed by atoms with Gasteiger partial charge in [-0.1, -0.05) is 35.9 Å². The molecule has 3 N–H and O–H groups in total. The average Bonchev–Trinajstić information content (AvgIpc) is 2.77. The number of aryl methyl sites for hydroxylation is 3. The van der Waals surface area contributed by atoms with E-state index in [1.54, 1.807) is 0 Å². The summed E-state index contributed by atoms with van der Waals surface area (Å²) in [5.41, 5.74) is 4.52. The van der Waals surface area contributed by atoms with Crippen LogP contribution in [0, 0.1) is 12.8 Å². The van der Waals surface area contributed by atoms with E-state index >= 15 is 0 Å². The molecule has 3 rings (SSSR count). The lowest BCUT2D eigenvalue weighted by Crippen LogP contribution is -2.28. The van der Waals surface area contributed by atoms with E-state index in [9.17, 15) is 14.7 Å². The Hall–Kier alpha value is -2.89. The monoisotopic (exact) mass is 423 g/mol. The van der Waals surface area contributed by atoms with Crippen molar-refractivity contribution in [3.05, 3.63) is 58.8 Å². The van der Waals surface area contributed by atoms with E-state index in [4.69, 9.17) is 0 Å². The molecule has 0 saturated carbocycles. The number of aromatic nitrogens is 1. The van der Waals surface area contributed by atoms with Crippen LogP contribution in [0.15, 0.2) is 36.4 Å². The minimum atomic E-state index is -0.818. The number of aliphatic carboxylic acids is 1. The van der Waals surface area contributed by atoms with Crippen LogP contribution >= 0.6 is 0 Å². The zero-order chi connectivity index (χ0) is 22.1. The molecule has 6 heteroatoms. The first-order valence-corrected chi connectivity index (χ1v) is 11.3. The second-order valence-electron chi connectivity index (χ2n) is 8.41. The minimum Gasteiger partial charge on any atom is -0.481 e. The van der Waals surface area contributed by atoms with Crippen molar-refractivity contribution in [1.29, 1.82) is 0 Å². The molecule has 0 saturated heterocycles. The van der Waals surface area contributed by atoms with Gasteiger partial charge in [0.1, 0.15) is 5.82 Å². The molecular weight excluding hydrogens is 390 g/mol.